The zero-order chi connectivity index (χ0) is 27.7. The van der Waals surface area contributed by atoms with Gasteiger partial charge in [-0.1, -0.05) is 78.9 Å². The number of carbonyl (C=O) groups excluding carboxylic acids is 1. The van der Waals surface area contributed by atoms with Gasteiger partial charge in [0.15, 0.2) is 0 Å². The molecule has 8 nitrogen and oxygen atoms in total. The SMILES string of the molecule is C[C@@](O)([C@H](CO)OCOCc1ccccc1)[C@H]1[C@@H]2O[C@@H]2CCN1C(=O)OCC1c2ccccc2-c2ccccc21. The summed E-state index contributed by atoms with van der Waals surface area (Å²) in [6.45, 7) is 1.90. The van der Waals surface area contributed by atoms with Crippen LogP contribution in [0.15, 0.2) is 78.9 Å². The number of nitrogens with zero attached hydrogens (tertiary/aromatic N) is 1. The molecule has 6 rings (SSSR count). The molecular weight excluding hydrogens is 510 g/mol. The van der Waals surface area contributed by atoms with Gasteiger partial charge >= 0.3 is 6.09 Å². The first-order valence-electron chi connectivity index (χ1n) is 13.8. The molecule has 8 heteroatoms. The Morgan fingerprint density at radius 3 is 2.35 bits per heavy atom. The molecule has 1 amide bonds. The largest absolute Gasteiger partial charge is 0.448 e. The summed E-state index contributed by atoms with van der Waals surface area (Å²) in [5.74, 6) is -0.0692. The normalized spacial score (nSPS) is 23.5. The number of rotatable bonds is 10. The van der Waals surface area contributed by atoms with E-state index in [1.54, 1.807) is 6.92 Å². The minimum absolute atomic E-state index is 0.0391. The second-order valence-electron chi connectivity index (χ2n) is 10.9. The van der Waals surface area contributed by atoms with Gasteiger partial charge in [0.05, 0.1) is 25.4 Å². The third-order valence-electron chi connectivity index (χ3n) is 8.37. The second kappa shape index (κ2) is 11.3. The Kier molecular flexibility index (Phi) is 7.61. The average molecular weight is 546 g/mol. The number of carbonyl (C=O) groups is 1. The Morgan fingerprint density at radius 1 is 1.02 bits per heavy atom. The summed E-state index contributed by atoms with van der Waals surface area (Å²) in [4.78, 5) is 15.1. The minimum Gasteiger partial charge on any atom is -0.448 e. The van der Waals surface area contributed by atoms with Gasteiger partial charge in [0.2, 0.25) is 0 Å². The first-order chi connectivity index (χ1) is 19.5. The Bertz CT molecular complexity index is 1280. The summed E-state index contributed by atoms with van der Waals surface area (Å²) < 4.78 is 23.2. The number of hydrogen-bond donors (Lipinski definition) is 2. The summed E-state index contributed by atoms with van der Waals surface area (Å²) in [6.07, 6.45) is -1.25. The van der Waals surface area contributed by atoms with Gasteiger partial charge in [0, 0.05) is 12.5 Å². The van der Waals surface area contributed by atoms with Gasteiger partial charge in [-0.2, -0.15) is 0 Å². The molecular formula is C32H35NO7. The Balaban J connectivity index is 1.13. The second-order valence-corrected chi connectivity index (χ2v) is 10.9. The van der Waals surface area contributed by atoms with Gasteiger partial charge < -0.3 is 29.2 Å². The molecule has 2 N–H and O–H groups in total. The van der Waals surface area contributed by atoms with Gasteiger partial charge in [0.1, 0.15) is 31.2 Å². The maximum atomic E-state index is 13.5. The van der Waals surface area contributed by atoms with Crippen molar-refractivity contribution >= 4 is 6.09 Å². The minimum atomic E-state index is -1.61. The quantitative estimate of drug-likeness (QED) is 0.225. The number of fused-ring (bicyclic) bond motifs is 4. The van der Waals surface area contributed by atoms with Crippen molar-refractivity contribution in [2.75, 3.05) is 26.6 Å². The van der Waals surface area contributed by atoms with E-state index >= 15 is 0 Å². The van der Waals surface area contributed by atoms with Crippen LogP contribution in [0.5, 0.6) is 0 Å². The van der Waals surface area contributed by atoms with Crippen LogP contribution in [0.25, 0.3) is 11.1 Å². The number of ether oxygens (including phenoxy) is 4. The lowest BCUT2D eigenvalue weighted by molar-refractivity contribution is -0.193. The van der Waals surface area contributed by atoms with E-state index in [2.05, 4.69) is 24.3 Å². The van der Waals surface area contributed by atoms with Crippen LogP contribution in [-0.2, 0) is 25.6 Å². The van der Waals surface area contributed by atoms with Crippen LogP contribution in [0.1, 0.15) is 36.0 Å². The molecule has 2 aliphatic heterocycles. The summed E-state index contributed by atoms with van der Waals surface area (Å²) in [7, 11) is 0. The average Bonchev–Trinajstić information content (AvgIpc) is 3.70. The summed E-state index contributed by atoms with van der Waals surface area (Å²) >= 11 is 0. The van der Waals surface area contributed by atoms with Crippen LogP contribution in [0.4, 0.5) is 4.79 Å². The maximum Gasteiger partial charge on any atom is 0.410 e. The number of hydrogen-bond acceptors (Lipinski definition) is 7. The molecule has 0 bridgehead atoms. The number of epoxide rings is 1. The molecule has 3 aromatic carbocycles. The molecule has 3 aliphatic rings. The smallest absolute Gasteiger partial charge is 0.410 e. The fourth-order valence-electron chi connectivity index (χ4n) is 6.24. The molecule has 0 saturated carbocycles. The predicted octanol–water partition coefficient (Wildman–Crippen LogP) is 4.08. The van der Waals surface area contributed by atoms with E-state index in [0.29, 0.717) is 19.6 Å². The molecule has 40 heavy (non-hydrogen) atoms. The van der Waals surface area contributed by atoms with Crippen LogP contribution >= 0.6 is 0 Å². The zero-order valence-corrected chi connectivity index (χ0v) is 22.5. The highest BCUT2D eigenvalue weighted by Gasteiger charge is 2.60. The molecule has 2 fully saturated rings. The fourth-order valence-corrected chi connectivity index (χ4v) is 6.24. The highest BCUT2D eigenvalue weighted by molar-refractivity contribution is 5.79. The van der Waals surface area contributed by atoms with Crippen molar-refractivity contribution in [3.05, 3.63) is 95.6 Å². The molecule has 5 atom stereocenters. The monoisotopic (exact) mass is 545 g/mol. The molecule has 2 heterocycles. The number of aliphatic hydroxyl groups is 2. The van der Waals surface area contributed by atoms with Gasteiger partial charge in [0.25, 0.3) is 0 Å². The van der Waals surface area contributed by atoms with Crippen LogP contribution in [-0.4, -0.2) is 77.7 Å². The third-order valence-corrected chi connectivity index (χ3v) is 8.37. The maximum absolute atomic E-state index is 13.5. The third kappa shape index (κ3) is 5.13. The lowest BCUT2D eigenvalue weighted by Gasteiger charge is -2.44. The Hall–Kier alpha value is -3.27. The summed E-state index contributed by atoms with van der Waals surface area (Å²) in [5.41, 5.74) is 3.95. The fraction of sp³-hybridized carbons (Fsp3) is 0.406. The van der Waals surface area contributed by atoms with Crippen LogP contribution < -0.4 is 0 Å². The molecule has 3 aromatic rings. The molecule has 0 radical (unpaired) electrons. The number of amides is 1. The molecule has 0 unspecified atom stereocenters. The van der Waals surface area contributed by atoms with Crippen molar-refractivity contribution < 1.29 is 34.0 Å². The van der Waals surface area contributed by atoms with E-state index in [4.69, 9.17) is 18.9 Å². The van der Waals surface area contributed by atoms with Crippen LogP contribution in [0.3, 0.4) is 0 Å². The zero-order valence-electron chi connectivity index (χ0n) is 22.5. The molecule has 1 aliphatic carbocycles. The van der Waals surface area contributed by atoms with E-state index < -0.39 is 30.4 Å². The van der Waals surface area contributed by atoms with Crippen LogP contribution in [0, 0.1) is 0 Å². The van der Waals surface area contributed by atoms with E-state index in [1.165, 1.54) is 4.90 Å². The highest BCUT2D eigenvalue weighted by Crippen LogP contribution is 2.45. The molecule has 0 aromatic heterocycles. The molecule has 210 valence electrons. The standard InChI is InChI=1S/C32H35NO7/c1-32(36,28(17-34)39-20-37-18-21-9-3-2-4-10-21)30-29-27(40-29)15-16-33(30)31(35)38-19-26-24-13-7-5-11-22(24)23-12-6-8-14-25(23)26/h2-14,26-30,34,36H,15-20H2,1H3/t27-,28+,29-,30-,32-/m1/s1. The van der Waals surface area contributed by atoms with E-state index in [0.717, 1.165) is 27.8 Å². The lowest BCUT2D eigenvalue weighted by atomic mass is 9.83. The van der Waals surface area contributed by atoms with Crippen LogP contribution in [0.2, 0.25) is 0 Å². The first kappa shape index (κ1) is 26.9. The van der Waals surface area contributed by atoms with Crippen molar-refractivity contribution in [3.8, 4) is 11.1 Å². The number of likely N-dealkylation sites (tertiary alicyclic amines) is 1. The van der Waals surface area contributed by atoms with E-state index in [1.807, 2.05) is 54.6 Å². The number of piperidine rings is 1. The summed E-state index contributed by atoms with van der Waals surface area (Å²) in [6, 6.07) is 25.3. The number of benzene rings is 3. The van der Waals surface area contributed by atoms with Crippen molar-refractivity contribution in [2.24, 2.45) is 0 Å². The first-order valence-corrected chi connectivity index (χ1v) is 13.8. The van der Waals surface area contributed by atoms with Crippen molar-refractivity contribution in [3.63, 3.8) is 0 Å². The van der Waals surface area contributed by atoms with E-state index in [9.17, 15) is 15.0 Å². The van der Waals surface area contributed by atoms with Gasteiger partial charge in [-0.3, -0.25) is 4.90 Å². The van der Waals surface area contributed by atoms with Crippen molar-refractivity contribution in [2.45, 2.75) is 55.8 Å². The lowest BCUT2D eigenvalue weighted by Crippen LogP contribution is -2.64. The topological polar surface area (TPSA) is 101 Å². The van der Waals surface area contributed by atoms with Gasteiger partial charge in [-0.25, -0.2) is 4.79 Å². The van der Waals surface area contributed by atoms with Crippen molar-refractivity contribution in [1.82, 2.24) is 4.90 Å². The Labute approximate surface area is 234 Å². The molecule has 0 spiro atoms. The van der Waals surface area contributed by atoms with Gasteiger partial charge in [-0.05, 0) is 41.2 Å². The predicted molar refractivity (Wildman–Crippen MR) is 148 cm³/mol. The number of aliphatic hydroxyl groups excluding tert-OH is 1. The molecule has 2 saturated heterocycles. The Morgan fingerprint density at radius 2 is 1.68 bits per heavy atom. The van der Waals surface area contributed by atoms with Crippen molar-refractivity contribution in [1.29, 1.82) is 0 Å². The van der Waals surface area contributed by atoms with Gasteiger partial charge in [-0.15, -0.1) is 0 Å². The highest BCUT2D eigenvalue weighted by atomic mass is 16.7. The summed E-state index contributed by atoms with van der Waals surface area (Å²) in [5, 5.41) is 21.9. The van der Waals surface area contributed by atoms with E-state index in [-0.39, 0.29) is 31.5 Å².